The van der Waals surface area contributed by atoms with Gasteiger partial charge in [-0.15, -0.1) is 0 Å². The van der Waals surface area contributed by atoms with Crippen molar-refractivity contribution in [2.75, 3.05) is 7.05 Å². The lowest BCUT2D eigenvalue weighted by Gasteiger charge is -2.27. The first-order chi connectivity index (χ1) is 10.7. The van der Waals surface area contributed by atoms with E-state index in [1.54, 1.807) is 4.31 Å². The van der Waals surface area contributed by atoms with Crippen molar-refractivity contribution in [3.63, 3.8) is 0 Å². The van der Waals surface area contributed by atoms with Crippen molar-refractivity contribution in [3.05, 3.63) is 29.8 Å². The van der Waals surface area contributed by atoms with Crippen LogP contribution in [0, 0.1) is 0 Å². The molecule has 2 unspecified atom stereocenters. The molecule has 3 N–H and O–H groups in total. The number of hydrogen-bond acceptors (Lipinski definition) is 4. The lowest BCUT2D eigenvalue weighted by Crippen LogP contribution is -2.51. The van der Waals surface area contributed by atoms with Gasteiger partial charge in [-0.2, -0.15) is 0 Å². The number of nitrogens with two attached hydrogens (primary N) is 1. The van der Waals surface area contributed by atoms with E-state index in [1.807, 2.05) is 38.1 Å². The van der Waals surface area contributed by atoms with Crippen molar-refractivity contribution in [2.45, 2.75) is 44.2 Å². The summed E-state index contributed by atoms with van der Waals surface area (Å²) < 4.78 is 14.0. The Morgan fingerprint density at radius 1 is 1.23 bits per heavy atom. The Balaban J connectivity index is 0.000000561. The van der Waals surface area contributed by atoms with Crippen molar-refractivity contribution < 1.29 is 13.8 Å². The number of hydrogen-bond donors (Lipinski definition) is 2. The van der Waals surface area contributed by atoms with Crippen molar-refractivity contribution in [1.82, 2.24) is 9.62 Å². The molecule has 1 aromatic carbocycles. The molecule has 2 atom stereocenters. The lowest BCUT2D eigenvalue weighted by molar-refractivity contribution is -0.136. The largest absolute Gasteiger partial charge is 0.333 e. The minimum atomic E-state index is -1.30. The smallest absolute Gasteiger partial charge is 0.244 e. The molecule has 122 valence electrons. The van der Waals surface area contributed by atoms with Crippen LogP contribution < -0.4 is 11.1 Å². The molecule has 2 aliphatic heterocycles. The number of piperidine rings is 1. The summed E-state index contributed by atoms with van der Waals surface area (Å²) in [5.74, 6) is -0.592. The van der Waals surface area contributed by atoms with Crippen molar-refractivity contribution in [1.29, 1.82) is 0 Å². The van der Waals surface area contributed by atoms with Crippen molar-refractivity contribution in [3.8, 4) is 0 Å². The van der Waals surface area contributed by atoms with Crippen LogP contribution in [0.3, 0.4) is 0 Å². The molecule has 6 nitrogen and oxygen atoms in total. The Labute approximate surface area is 133 Å². The second-order valence-corrected chi connectivity index (χ2v) is 5.81. The molecule has 2 aliphatic rings. The SMILES string of the molecule is CC.CN.O=C1CCC(N2Cc3ccccc3S2=O)C(=O)N1. The summed E-state index contributed by atoms with van der Waals surface area (Å²) in [6, 6.07) is 6.99. The summed E-state index contributed by atoms with van der Waals surface area (Å²) >= 11 is 0. The van der Waals surface area contributed by atoms with Crippen LogP contribution in [0.1, 0.15) is 32.3 Å². The minimum absolute atomic E-state index is 0.251. The van der Waals surface area contributed by atoms with E-state index in [0.29, 0.717) is 19.4 Å². The number of nitrogens with one attached hydrogen (secondary N) is 1. The number of nitrogens with zero attached hydrogens (tertiary/aromatic N) is 1. The number of carbonyl (C=O) groups excluding carboxylic acids is 2. The van der Waals surface area contributed by atoms with E-state index >= 15 is 0 Å². The summed E-state index contributed by atoms with van der Waals surface area (Å²) in [4.78, 5) is 23.7. The van der Waals surface area contributed by atoms with E-state index in [4.69, 9.17) is 0 Å². The van der Waals surface area contributed by atoms with Gasteiger partial charge in [0.25, 0.3) is 0 Å². The van der Waals surface area contributed by atoms with Crippen LogP contribution in [0.25, 0.3) is 0 Å². The van der Waals surface area contributed by atoms with E-state index in [9.17, 15) is 13.8 Å². The van der Waals surface area contributed by atoms with E-state index < -0.39 is 17.0 Å². The summed E-state index contributed by atoms with van der Waals surface area (Å²) in [6.45, 7) is 4.50. The van der Waals surface area contributed by atoms with Crippen LogP contribution >= 0.6 is 0 Å². The molecule has 2 amide bonds. The number of benzene rings is 1. The monoisotopic (exact) mass is 325 g/mol. The molecule has 0 radical (unpaired) electrons. The van der Waals surface area contributed by atoms with Crippen LogP contribution in [0.4, 0.5) is 0 Å². The molecule has 1 saturated heterocycles. The molecule has 0 spiro atoms. The summed E-state index contributed by atoms with van der Waals surface area (Å²) in [6.07, 6.45) is 0.741. The first kappa shape index (κ1) is 18.5. The summed E-state index contributed by atoms with van der Waals surface area (Å²) in [5, 5.41) is 2.30. The van der Waals surface area contributed by atoms with Gasteiger partial charge in [-0.3, -0.25) is 14.9 Å². The summed E-state index contributed by atoms with van der Waals surface area (Å²) in [5.41, 5.74) is 5.49. The van der Waals surface area contributed by atoms with Crippen LogP contribution in [0.15, 0.2) is 29.2 Å². The maximum Gasteiger partial charge on any atom is 0.244 e. The van der Waals surface area contributed by atoms with Crippen molar-refractivity contribution in [2.24, 2.45) is 5.73 Å². The van der Waals surface area contributed by atoms with E-state index in [-0.39, 0.29) is 11.8 Å². The van der Waals surface area contributed by atoms with Gasteiger partial charge in [0.1, 0.15) is 17.0 Å². The van der Waals surface area contributed by atoms with Gasteiger partial charge in [0.05, 0.1) is 4.90 Å². The third kappa shape index (κ3) is 3.79. The molecular weight excluding hydrogens is 302 g/mol. The highest BCUT2D eigenvalue weighted by Crippen LogP contribution is 2.30. The third-order valence-corrected chi connectivity index (χ3v) is 4.84. The molecule has 3 rings (SSSR count). The average Bonchev–Trinajstić information content (AvgIpc) is 2.89. The molecule has 7 heteroatoms. The van der Waals surface area contributed by atoms with Gasteiger partial charge in [-0.1, -0.05) is 32.0 Å². The van der Waals surface area contributed by atoms with Crippen LogP contribution in [-0.2, 0) is 27.1 Å². The van der Waals surface area contributed by atoms with Gasteiger partial charge < -0.3 is 5.73 Å². The molecule has 1 fully saturated rings. The Bertz CT molecular complexity index is 563. The fraction of sp³-hybridized carbons (Fsp3) is 0.467. The van der Waals surface area contributed by atoms with Crippen LogP contribution in [0.2, 0.25) is 0 Å². The van der Waals surface area contributed by atoms with E-state index in [0.717, 1.165) is 10.5 Å². The highest BCUT2D eigenvalue weighted by molar-refractivity contribution is 7.83. The standard InChI is InChI=1S/C12H12N2O3S.C2H6.CH5N/c15-11-6-5-9(12(16)13-11)14-7-8-3-1-2-4-10(8)18(14)17;2*1-2/h1-4,9H,5-7H2,(H,13,15,16);1-2H3;2H2,1H3. The first-order valence-corrected chi connectivity index (χ1v) is 8.45. The van der Waals surface area contributed by atoms with Gasteiger partial charge in [0.2, 0.25) is 11.8 Å². The second-order valence-electron chi connectivity index (χ2n) is 4.40. The maximum absolute atomic E-state index is 12.3. The zero-order chi connectivity index (χ0) is 16.7. The number of carbonyl (C=O) groups is 2. The number of rotatable bonds is 1. The van der Waals surface area contributed by atoms with Gasteiger partial charge in [-0.25, -0.2) is 8.51 Å². The number of fused-ring (bicyclic) bond motifs is 1. The average molecular weight is 325 g/mol. The Morgan fingerprint density at radius 2 is 1.86 bits per heavy atom. The molecule has 0 saturated carbocycles. The molecule has 0 aromatic heterocycles. The van der Waals surface area contributed by atoms with Gasteiger partial charge >= 0.3 is 0 Å². The number of amides is 2. The second kappa shape index (κ2) is 8.77. The van der Waals surface area contributed by atoms with E-state index in [1.165, 1.54) is 7.05 Å². The molecule has 1 aromatic rings. The molecule has 2 heterocycles. The molecular formula is C15H23N3O3S. The maximum atomic E-state index is 12.3. The Morgan fingerprint density at radius 3 is 2.45 bits per heavy atom. The Kier molecular flexibility index (Phi) is 7.37. The Hall–Kier alpha value is -1.57. The van der Waals surface area contributed by atoms with Gasteiger partial charge in [0, 0.05) is 13.0 Å². The molecule has 0 aliphatic carbocycles. The molecule has 22 heavy (non-hydrogen) atoms. The van der Waals surface area contributed by atoms with Gasteiger partial charge in [0.15, 0.2) is 0 Å². The quantitative estimate of drug-likeness (QED) is 0.751. The zero-order valence-corrected chi connectivity index (χ0v) is 14.0. The number of imide groups is 1. The molecule has 0 bridgehead atoms. The van der Waals surface area contributed by atoms with Gasteiger partial charge in [-0.05, 0) is 25.1 Å². The lowest BCUT2D eigenvalue weighted by atomic mass is 10.1. The fourth-order valence-corrected chi connectivity index (χ4v) is 3.83. The predicted molar refractivity (Wildman–Crippen MR) is 86.0 cm³/mol. The fourth-order valence-electron chi connectivity index (χ4n) is 2.34. The van der Waals surface area contributed by atoms with Crippen LogP contribution in [-0.4, -0.2) is 33.4 Å². The topological polar surface area (TPSA) is 92.5 Å². The predicted octanol–water partition coefficient (Wildman–Crippen LogP) is 0.931. The normalized spacial score (nSPS) is 23.5. The minimum Gasteiger partial charge on any atom is -0.333 e. The summed E-state index contributed by atoms with van der Waals surface area (Å²) in [7, 11) is 0.196. The van der Waals surface area contributed by atoms with E-state index in [2.05, 4.69) is 11.1 Å². The van der Waals surface area contributed by atoms with Crippen molar-refractivity contribution >= 4 is 22.8 Å². The first-order valence-electron chi connectivity index (χ1n) is 7.34. The highest BCUT2D eigenvalue weighted by Gasteiger charge is 2.38. The third-order valence-electron chi connectivity index (χ3n) is 3.26. The van der Waals surface area contributed by atoms with Crippen LogP contribution in [0.5, 0.6) is 0 Å². The highest BCUT2D eigenvalue weighted by atomic mass is 32.2. The zero-order valence-electron chi connectivity index (χ0n) is 13.2.